The average molecular weight is 1030 g/mol. The van der Waals surface area contributed by atoms with Gasteiger partial charge in [0.1, 0.15) is 29.5 Å². The van der Waals surface area contributed by atoms with Gasteiger partial charge in [0.15, 0.2) is 0 Å². The van der Waals surface area contributed by atoms with Crippen LogP contribution in [0.3, 0.4) is 0 Å². The van der Waals surface area contributed by atoms with Crippen LogP contribution in [0.4, 0.5) is 0 Å². The van der Waals surface area contributed by atoms with E-state index in [-0.39, 0.29) is 61.0 Å². The van der Waals surface area contributed by atoms with Crippen LogP contribution in [0.5, 0.6) is 0 Å². The van der Waals surface area contributed by atoms with E-state index in [1.165, 1.54) is 17.7 Å². The first kappa shape index (κ1) is 50.9. The predicted molar refractivity (Wildman–Crippen MR) is 276 cm³/mol. The van der Waals surface area contributed by atoms with Crippen molar-refractivity contribution in [3.8, 4) is 22.5 Å². The molecule has 12 rings (SSSR count). The van der Waals surface area contributed by atoms with Crippen molar-refractivity contribution in [2.75, 3.05) is 73.0 Å². The lowest BCUT2D eigenvalue weighted by atomic mass is 9.73. The monoisotopic (exact) mass is 1030 g/mol. The van der Waals surface area contributed by atoms with E-state index in [9.17, 15) is 9.59 Å². The van der Waals surface area contributed by atoms with Crippen molar-refractivity contribution in [2.45, 2.75) is 109 Å². The van der Waals surface area contributed by atoms with Crippen molar-refractivity contribution in [1.82, 2.24) is 45.2 Å². The van der Waals surface area contributed by atoms with Crippen LogP contribution in [-0.4, -0.2) is 149 Å². The first-order chi connectivity index (χ1) is 36.0. The number of carbonyl (C=O) groups excluding carboxylic acids is 3. The molecule has 7 aliphatic rings. The van der Waals surface area contributed by atoms with E-state index in [4.69, 9.17) is 38.4 Å². The number of hydrogen-bond acceptors (Lipinski definition) is 16. The van der Waals surface area contributed by atoms with Crippen LogP contribution in [0.1, 0.15) is 93.5 Å². The van der Waals surface area contributed by atoms with E-state index in [1.807, 2.05) is 37.6 Å². The van der Waals surface area contributed by atoms with Gasteiger partial charge in [0.25, 0.3) is 5.91 Å². The molecule has 0 unspecified atom stereocenters. The molecule has 19 heteroatoms. The Morgan fingerprint density at radius 1 is 1.00 bits per heavy atom. The number of hydrogen-bond donors (Lipinski definition) is 2. The zero-order valence-electron chi connectivity index (χ0n) is 43.1. The maximum atomic E-state index is 15.5. The Hall–Kier alpha value is -5.25. The molecule has 6 fully saturated rings. The number of rotatable bonds is 14. The van der Waals surface area contributed by atoms with Crippen LogP contribution < -0.4 is 10.7 Å². The molecule has 0 spiro atoms. The Labute approximate surface area is 436 Å². The summed E-state index contributed by atoms with van der Waals surface area (Å²) in [5, 5.41) is 8.39. The maximum absolute atomic E-state index is 15.5. The van der Waals surface area contributed by atoms with Gasteiger partial charge in [-0.1, -0.05) is 26.8 Å². The lowest BCUT2D eigenvalue weighted by molar-refractivity contribution is -0.173. The van der Waals surface area contributed by atoms with Gasteiger partial charge in [-0.15, -0.1) is 11.3 Å². The number of benzene rings is 1. The molecule has 8 bridgehead atoms. The van der Waals surface area contributed by atoms with E-state index in [1.54, 1.807) is 18.3 Å². The minimum absolute atomic E-state index is 0.0144. The van der Waals surface area contributed by atoms with Gasteiger partial charge in [-0.25, -0.2) is 20.4 Å². The number of ether oxygens (including phenoxy) is 6. The standard InChI is InChI=1S/C55H69N9O9S/c1-32-44(41-10-14-56-31-58-41)45(32)51(65)60-48-50(72-23-17-62-15-21-70-22-16-62)52-59-42(29-74-52)34-8-9-43-39(27-34)40(28-55(3,4)30-73-54(67)47-35-25-36(26-35)64(61-47)53(48)66)49(38-7-6-13-57-46(38)33(2)68-5)63(43)18-24-71-37-11-19-69-20-12-37/h6-10,13-14,27,29,31-33,35-37,44-45,47-48,50,61H,11-12,15-26,28,30H2,1-5H3,(H,60,65)/t32-,33-,35?,36?,44-,45+,47-,48-,50-/m0/s1. The van der Waals surface area contributed by atoms with Crippen LogP contribution in [-0.2, 0) is 55.8 Å². The Morgan fingerprint density at radius 3 is 2.58 bits per heavy atom. The molecular formula is C55H69N9O9S. The molecule has 2 amide bonds. The molecule has 1 aromatic carbocycles. The minimum atomic E-state index is -1.19. The van der Waals surface area contributed by atoms with Crippen LogP contribution in [0, 0.1) is 23.2 Å². The van der Waals surface area contributed by atoms with Crippen LogP contribution in [0.2, 0.25) is 0 Å². The molecule has 7 atom stereocenters. The summed E-state index contributed by atoms with van der Waals surface area (Å²) in [4.78, 5) is 65.7. The van der Waals surface area contributed by atoms with Crippen LogP contribution in [0.25, 0.3) is 33.4 Å². The van der Waals surface area contributed by atoms with Gasteiger partial charge in [-0.05, 0) is 86.8 Å². The first-order valence-electron chi connectivity index (χ1n) is 26.5. The van der Waals surface area contributed by atoms with Gasteiger partial charge in [0.2, 0.25) is 5.91 Å². The number of hydrazine groups is 1. The van der Waals surface area contributed by atoms with E-state index < -0.39 is 35.5 Å². The number of pyridine rings is 1. The average Bonchev–Trinajstić information content (AvgIpc) is 3.70. The summed E-state index contributed by atoms with van der Waals surface area (Å²) in [5.41, 5.74) is 10.0. The normalized spacial score (nSPS) is 27.8. The molecular weight excluding hydrogens is 963 g/mol. The molecule has 4 saturated heterocycles. The topological polar surface area (TPSA) is 194 Å². The summed E-state index contributed by atoms with van der Waals surface area (Å²) in [7, 11) is 1.70. The summed E-state index contributed by atoms with van der Waals surface area (Å²) in [6.45, 7) is 14.5. The quantitative estimate of drug-likeness (QED) is 0.122. The molecule has 74 heavy (non-hydrogen) atoms. The SMILES string of the molecule is CO[C@@H](C)c1ncccc1-c1c2c3cc(ccc3n1CCOC1CCOCC1)-c1csc(n1)[C@@H](OCCN1CCOCC1)[C@H](NC(=O)[C@@H]1[C@@H](C)[C@H]1c1ccncn1)C(=O)N1N[C@H](C(=O)OCC(C)(C)C2)C2CC1C2. The Bertz CT molecular complexity index is 2810. The van der Waals surface area contributed by atoms with Gasteiger partial charge >= 0.3 is 5.97 Å². The van der Waals surface area contributed by atoms with Gasteiger partial charge in [0, 0.05) is 115 Å². The predicted octanol–water partition coefficient (Wildman–Crippen LogP) is 6.06. The molecule has 5 aromatic rings. The molecule has 0 radical (unpaired) electrons. The number of esters is 1. The third-order valence-corrected chi connectivity index (χ3v) is 17.1. The number of aromatic nitrogens is 5. The number of methoxy groups -OCH3 is 1. The highest BCUT2D eigenvalue weighted by molar-refractivity contribution is 7.10. The summed E-state index contributed by atoms with van der Waals surface area (Å²) in [6.07, 6.45) is 7.34. The van der Waals surface area contributed by atoms with Crippen molar-refractivity contribution in [3.05, 3.63) is 82.5 Å². The van der Waals surface area contributed by atoms with Gasteiger partial charge < -0.3 is 38.3 Å². The van der Waals surface area contributed by atoms with Crippen molar-refractivity contribution >= 4 is 40.0 Å². The Kier molecular flexibility index (Phi) is 15.0. The Morgan fingerprint density at radius 2 is 1.80 bits per heavy atom. The molecule has 394 valence electrons. The fourth-order valence-electron chi connectivity index (χ4n) is 11.8. The number of thiazole rings is 1. The number of morpholine rings is 1. The van der Waals surface area contributed by atoms with E-state index in [0.717, 1.165) is 76.3 Å². The highest BCUT2D eigenvalue weighted by atomic mass is 32.1. The molecule has 2 aliphatic carbocycles. The second-order valence-corrected chi connectivity index (χ2v) is 22.6. The number of nitrogens with zero attached hydrogens (tertiary/aromatic N) is 7. The summed E-state index contributed by atoms with van der Waals surface area (Å²) in [5.74, 6) is -1.66. The first-order valence-corrected chi connectivity index (χ1v) is 27.4. The largest absolute Gasteiger partial charge is 0.464 e. The van der Waals surface area contributed by atoms with Gasteiger partial charge in [-0.2, -0.15) is 0 Å². The Balaban J connectivity index is 1.03. The summed E-state index contributed by atoms with van der Waals surface area (Å²) in [6, 6.07) is 10.3. The maximum Gasteiger partial charge on any atom is 0.325 e. The van der Waals surface area contributed by atoms with Crippen LogP contribution >= 0.6 is 11.3 Å². The number of fused-ring (bicyclic) bond motifs is 4. The highest BCUT2D eigenvalue weighted by Crippen LogP contribution is 2.53. The second kappa shape index (κ2) is 21.8. The lowest BCUT2D eigenvalue weighted by Gasteiger charge is -2.53. The third-order valence-electron chi connectivity index (χ3n) is 16.2. The van der Waals surface area contributed by atoms with Crippen molar-refractivity contribution in [2.24, 2.45) is 23.2 Å². The molecule has 5 aliphatic heterocycles. The smallest absolute Gasteiger partial charge is 0.325 e. The third kappa shape index (κ3) is 10.4. The molecule has 9 heterocycles. The van der Waals surface area contributed by atoms with Gasteiger partial charge in [-0.3, -0.25) is 29.3 Å². The van der Waals surface area contributed by atoms with Crippen molar-refractivity contribution in [3.63, 3.8) is 0 Å². The zero-order chi connectivity index (χ0) is 51.1. The van der Waals surface area contributed by atoms with Gasteiger partial charge in [0.05, 0.1) is 62.3 Å². The van der Waals surface area contributed by atoms with E-state index in [0.29, 0.717) is 70.4 Å². The van der Waals surface area contributed by atoms with E-state index >= 15 is 4.79 Å². The fourth-order valence-corrected chi connectivity index (χ4v) is 12.7. The highest BCUT2D eigenvalue weighted by Gasteiger charge is 2.56. The van der Waals surface area contributed by atoms with Crippen molar-refractivity contribution in [1.29, 1.82) is 0 Å². The van der Waals surface area contributed by atoms with Crippen molar-refractivity contribution < 1.29 is 42.8 Å². The molecule has 2 saturated carbocycles. The zero-order valence-corrected chi connectivity index (χ0v) is 43.9. The molecule has 18 nitrogen and oxygen atoms in total. The molecule has 2 N–H and O–H groups in total. The number of nitrogens with one attached hydrogen (secondary N) is 2. The fraction of sp³-hybridized carbons (Fsp3) is 0.582. The van der Waals surface area contributed by atoms with E-state index in [2.05, 4.69) is 68.3 Å². The summed E-state index contributed by atoms with van der Waals surface area (Å²) >= 11 is 1.41. The number of amides is 2. The minimum Gasteiger partial charge on any atom is -0.464 e. The number of carbonyl (C=O) groups is 3. The van der Waals surface area contributed by atoms with Crippen LogP contribution in [0.15, 0.2) is 60.5 Å². The summed E-state index contributed by atoms with van der Waals surface area (Å²) < 4.78 is 39.4. The molecule has 4 aromatic heterocycles. The lowest BCUT2D eigenvalue weighted by Crippen LogP contribution is -2.72. The number of cyclic esters (lactones) is 1. The second-order valence-electron chi connectivity index (χ2n) is 21.7.